The Morgan fingerprint density at radius 3 is 2.37 bits per heavy atom. The van der Waals surface area contributed by atoms with Gasteiger partial charge in [-0.15, -0.1) is 0 Å². The number of fused-ring (bicyclic) bond motifs is 1. The molecule has 2 N–H and O–H groups in total. The zero-order valence-electron chi connectivity index (χ0n) is 11.5. The maximum absolute atomic E-state index is 5.91. The molecule has 1 aliphatic heterocycles. The number of nitrogens with two attached hydrogens (primary N) is 1. The van der Waals surface area contributed by atoms with Crippen LogP contribution in [0.2, 0.25) is 0 Å². The van der Waals surface area contributed by atoms with Crippen LogP contribution in [0.1, 0.15) is 28.1 Å². The van der Waals surface area contributed by atoms with Crippen molar-refractivity contribution in [3.05, 3.63) is 58.4 Å². The van der Waals surface area contributed by atoms with Gasteiger partial charge in [0.25, 0.3) is 0 Å². The Hall–Kier alpha value is -1.87. The summed E-state index contributed by atoms with van der Waals surface area (Å²) in [6.07, 6.45) is 0. The van der Waals surface area contributed by atoms with Crippen molar-refractivity contribution < 1.29 is 0 Å². The summed E-state index contributed by atoms with van der Waals surface area (Å²) in [5, 5.41) is 0. The van der Waals surface area contributed by atoms with Gasteiger partial charge in [-0.2, -0.15) is 0 Å². The Labute approximate surface area is 114 Å². The van der Waals surface area contributed by atoms with Crippen LogP contribution in [0, 0.1) is 13.8 Å². The van der Waals surface area contributed by atoms with Crippen molar-refractivity contribution in [3.8, 4) is 0 Å². The largest absolute Gasteiger partial charge is 0.362 e. The summed E-state index contributed by atoms with van der Waals surface area (Å²) >= 11 is 0. The predicted molar refractivity (Wildman–Crippen MR) is 77.9 cm³/mol. The van der Waals surface area contributed by atoms with Crippen molar-refractivity contribution >= 4 is 5.69 Å². The van der Waals surface area contributed by atoms with Crippen LogP contribution in [0.3, 0.4) is 0 Å². The minimum atomic E-state index is 0.543. The van der Waals surface area contributed by atoms with E-state index in [1.807, 2.05) is 13.8 Å². The second-order valence-electron chi connectivity index (χ2n) is 5.18. The van der Waals surface area contributed by atoms with Gasteiger partial charge < -0.3 is 10.6 Å². The van der Waals surface area contributed by atoms with Crippen LogP contribution < -0.4 is 10.6 Å². The van der Waals surface area contributed by atoms with E-state index in [1.165, 1.54) is 22.4 Å². The Balaban J connectivity index is 2.01. The fourth-order valence-electron chi connectivity index (χ4n) is 2.87. The zero-order chi connectivity index (χ0) is 13.4. The van der Waals surface area contributed by atoms with Gasteiger partial charge in [-0.25, -0.2) is 0 Å². The molecule has 3 rings (SSSR count). The maximum atomic E-state index is 5.91. The van der Waals surface area contributed by atoms with E-state index in [0.717, 1.165) is 24.5 Å². The molecule has 1 aromatic carbocycles. The fraction of sp³-hybridized carbons (Fsp3) is 0.312. The van der Waals surface area contributed by atoms with Crippen LogP contribution in [0.25, 0.3) is 0 Å². The number of aryl methyl sites for hydroxylation is 2. The normalized spacial score (nSPS) is 13.7. The smallest absolute Gasteiger partial charge is 0.0454 e. The number of rotatable bonds is 2. The summed E-state index contributed by atoms with van der Waals surface area (Å²) in [5.74, 6) is 0. The van der Waals surface area contributed by atoms with Crippen molar-refractivity contribution in [2.75, 3.05) is 4.90 Å². The summed E-state index contributed by atoms with van der Waals surface area (Å²) in [6, 6.07) is 10.8. The van der Waals surface area contributed by atoms with Crippen LogP contribution in [0.15, 0.2) is 30.3 Å². The Morgan fingerprint density at radius 2 is 1.79 bits per heavy atom. The van der Waals surface area contributed by atoms with Crippen molar-refractivity contribution in [2.24, 2.45) is 5.73 Å². The number of benzene rings is 1. The first-order chi connectivity index (χ1) is 9.19. The highest BCUT2D eigenvalue weighted by Crippen LogP contribution is 2.31. The lowest BCUT2D eigenvalue weighted by molar-refractivity contribution is 0.851. The number of pyridine rings is 1. The van der Waals surface area contributed by atoms with E-state index in [2.05, 4.69) is 40.2 Å². The van der Waals surface area contributed by atoms with Crippen LogP contribution in [0.5, 0.6) is 0 Å². The average molecular weight is 253 g/mol. The number of aromatic nitrogens is 1. The zero-order valence-corrected chi connectivity index (χ0v) is 11.5. The molecule has 98 valence electrons. The third-order valence-electron chi connectivity index (χ3n) is 3.82. The Kier molecular flexibility index (Phi) is 2.99. The fourth-order valence-corrected chi connectivity index (χ4v) is 2.87. The van der Waals surface area contributed by atoms with Crippen LogP contribution in [-0.2, 0) is 19.6 Å². The highest BCUT2D eigenvalue weighted by molar-refractivity contribution is 5.59. The van der Waals surface area contributed by atoms with Gasteiger partial charge in [-0.3, -0.25) is 4.98 Å². The molecule has 0 unspecified atom stereocenters. The molecule has 3 heteroatoms. The molecule has 0 aliphatic carbocycles. The van der Waals surface area contributed by atoms with Crippen LogP contribution in [0.4, 0.5) is 5.69 Å². The molecule has 1 aliphatic rings. The Bertz CT molecular complexity index is 594. The van der Waals surface area contributed by atoms with E-state index in [9.17, 15) is 0 Å². The molecule has 0 radical (unpaired) electrons. The maximum Gasteiger partial charge on any atom is 0.0454 e. The molecule has 3 nitrogen and oxygen atoms in total. The summed E-state index contributed by atoms with van der Waals surface area (Å²) < 4.78 is 0. The summed E-state index contributed by atoms with van der Waals surface area (Å²) in [5.41, 5.74) is 13.2. The molecule has 0 saturated carbocycles. The monoisotopic (exact) mass is 253 g/mol. The number of nitrogens with zero attached hydrogens (tertiary/aromatic N) is 2. The first-order valence-electron chi connectivity index (χ1n) is 6.68. The van der Waals surface area contributed by atoms with Gasteiger partial charge in [-0.1, -0.05) is 24.3 Å². The summed E-state index contributed by atoms with van der Waals surface area (Å²) in [7, 11) is 0. The van der Waals surface area contributed by atoms with Crippen molar-refractivity contribution in [1.29, 1.82) is 0 Å². The number of anilines is 1. The molecule has 0 atom stereocenters. The molecule has 1 aromatic heterocycles. The second-order valence-corrected chi connectivity index (χ2v) is 5.18. The van der Waals surface area contributed by atoms with E-state index in [4.69, 9.17) is 5.73 Å². The molecule has 0 spiro atoms. The summed E-state index contributed by atoms with van der Waals surface area (Å²) in [4.78, 5) is 6.92. The molecular formula is C16H19N3. The minimum absolute atomic E-state index is 0.543. The van der Waals surface area contributed by atoms with Gasteiger partial charge in [0.15, 0.2) is 0 Å². The molecule has 2 aromatic rings. The van der Waals surface area contributed by atoms with Gasteiger partial charge >= 0.3 is 0 Å². The molecule has 0 saturated heterocycles. The molecule has 2 heterocycles. The SMILES string of the molecule is Cc1cc(N2Cc3ccccc3C2)c(CN)c(C)n1. The van der Waals surface area contributed by atoms with Gasteiger partial charge in [0.2, 0.25) is 0 Å². The lowest BCUT2D eigenvalue weighted by atomic mass is 10.1. The molecular weight excluding hydrogens is 234 g/mol. The van der Waals surface area contributed by atoms with Gasteiger partial charge in [0.05, 0.1) is 0 Å². The average Bonchev–Trinajstić information content (AvgIpc) is 2.81. The minimum Gasteiger partial charge on any atom is -0.362 e. The van der Waals surface area contributed by atoms with E-state index in [1.54, 1.807) is 0 Å². The van der Waals surface area contributed by atoms with Crippen molar-refractivity contribution in [3.63, 3.8) is 0 Å². The number of hydrogen-bond acceptors (Lipinski definition) is 3. The second kappa shape index (κ2) is 4.67. The van der Waals surface area contributed by atoms with E-state index in [0.29, 0.717) is 6.54 Å². The third kappa shape index (κ3) is 2.10. The molecule has 0 bridgehead atoms. The van der Waals surface area contributed by atoms with Crippen LogP contribution >= 0.6 is 0 Å². The summed E-state index contributed by atoms with van der Waals surface area (Å²) in [6.45, 7) is 6.56. The molecule has 0 fully saturated rings. The highest BCUT2D eigenvalue weighted by atomic mass is 15.1. The van der Waals surface area contributed by atoms with Gasteiger partial charge in [0, 0.05) is 42.3 Å². The Morgan fingerprint density at radius 1 is 1.16 bits per heavy atom. The predicted octanol–water partition coefficient (Wildman–Crippen LogP) is 2.68. The van der Waals surface area contributed by atoms with Gasteiger partial charge in [0.1, 0.15) is 0 Å². The first kappa shape index (κ1) is 12.2. The van der Waals surface area contributed by atoms with E-state index in [-0.39, 0.29) is 0 Å². The third-order valence-corrected chi connectivity index (χ3v) is 3.82. The first-order valence-corrected chi connectivity index (χ1v) is 6.68. The number of hydrogen-bond donors (Lipinski definition) is 1. The molecule has 19 heavy (non-hydrogen) atoms. The van der Waals surface area contributed by atoms with Crippen molar-refractivity contribution in [2.45, 2.75) is 33.5 Å². The topological polar surface area (TPSA) is 42.1 Å². The van der Waals surface area contributed by atoms with E-state index < -0.39 is 0 Å². The highest BCUT2D eigenvalue weighted by Gasteiger charge is 2.21. The van der Waals surface area contributed by atoms with Crippen LogP contribution in [-0.4, -0.2) is 4.98 Å². The van der Waals surface area contributed by atoms with Gasteiger partial charge in [-0.05, 0) is 31.0 Å². The lowest BCUT2D eigenvalue weighted by Gasteiger charge is -2.22. The quantitative estimate of drug-likeness (QED) is 0.894. The molecule has 0 amide bonds. The lowest BCUT2D eigenvalue weighted by Crippen LogP contribution is -2.19. The van der Waals surface area contributed by atoms with E-state index >= 15 is 0 Å². The standard InChI is InChI=1S/C16H19N3/c1-11-7-16(15(8-17)12(2)18-11)19-9-13-5-3-4-6-14(13)10-19/h3-7H,8-10,17H2,1-2H3. The van der Waals surface area contributed by atoms with Crippen molar-refractivity contribution in [1.82, 2.24) is 4.98 Å².